The molecule has 0 aromatic carbocycles. The molecule has 7 heavy (non-hydrogen) atoms. The molecular formula is C5H13NO+2. The summed E-state index contributed by atoms with van der Waals surface area (Å²) in [5.41, 5.74) is 0. The quantitative estimate of drug-likeness (QED) is 0.264. The average molecular weight is 104 g/mol. The van der Waals surface area contributed by atoms with Gasteiger partial charge in [-0.3, -0.25) is 4.80 Å². The van der Waals surface area contributed by atoms with Gasteiger partial charge in [-0.15, -0.1) is 0 Å². The van der Waals surface area contributed by atoms with E-state index < -0.39 is 0 Å². The van der Waals surface area contributed by atoms with Crippen LogP contribution in [0.25, 0.3) is 0 Å². The molecule has 2 nitrogen and oxygen atoms in total. The number of hydrogen-bond acceptors (Lipinski definition) is 0. The van der Waals surface area contributed by atoms with Crippen LogP contribution in [0.15, 0.2) is 0 Å². The van der Waals surface area contributed by atoms with Crippen LogP contribution in [0.1, 0.15) is 1.43 Å². The average Bonchev–Trinajstić information content (AvgIpc) is 1.59. The van der Waals surface area contributed by atoms with Crippen molar-refractivity contribution in [2.45, 2.75) is 0 Å². The Kier molecular flexibility index (Phi) is 1.42. The Bertz CT molecular complexity index is 84.9. The highest BCUT2D eigenvalue weighted by molar-refractivity contribution is 5.51. The lowest BCUT2D eigenvalue weighted by Crippen LogP contribution is -2.35. The van der Waals surface area contributed by atoms with Crippen molar-refractivity contribution in [1.29, 1.82) is 0 Å². The van der Waals surface area contributed by atoms with Gasteiger partial charge in [0.1, 0.15) is 0 Å². The molecule has 1 N–H and O–H groups in total. The Balaban J connectivity index is 3.39. The van der Waals surface area contributed by atoms with Gasteiger partial charge in [0.2, 0.25) is 0 Å². The van der Waals surface area contributed by atoms with Gasteiger partial charge < -0.3 is 4.48 Å². The van der Waals surface area contributed by atoms with E-state index in [-0.39, 0.29) is 0 Å². The van der Waals surface area contributed by atoms with E-state index in [1.807, 2.05) is 21.1 Å². The SMILES string of the molecule is [2H][O+]=CC[N+](C)(C)C. The molecule has 0 unspecified atom stereocenters. The predicted molar refractivity (Wildman–Crippen MR) is 30.9 cm³/mol. The Morgan fingerprint density at radius 1 is 1.71 bits per heavy atom. The maximum Gasteiger partial charge on any atom is 0.684 e. The molecule has 0 rings (SSSR count). The highest BCUT2D eigenvalue weighted by Gasteiger charge is 2.05. The molecule has 0 bridgehead atoms. The Morgan fingerprint density at radius 2 is 2.29 bits per heavy atom. The molecule has 0 aliphatic heterocycles. The van der Waals surface area contributed by atoms with Crippen LogP contribution in [0.4, 0.5) is 0 Å². The summed E-state index contributed by atoms with van der Waals surface area (Å²) >= 11 is 0. The zero-order valence-electron chi connectivity index (χ0n) is 6.14. The van der Waals surface area contributed by atoms with Crippen molar-refractivity contribution in [3.8, 4) is 0 Å². The predicted octanol–water partition coefficient (Wildman–Crippen LogP) is -0.133. The third kappa shape index (κ3) is 5.63. The van der Waals surface area contributed by atoms with Crippen molar-refractivity contribution >= 4 is 6.29 Å². The highest BCUT2D eigenvalue weighted by Crippen LogP contribution is 1.82. The van der Waals surface area contributed by atoms with Crippen LogP contribution in [0, 0.1) is 0 Å². The third-order valence-electron chi connectivity index (χ3n) is 0.622. The van der Waals surface area contributed by atoms with Crippen LogP contribution in [-0.4, -0.2) is 43.3 Å². The topological polar surface area (TPSA) is 21.4 Å². The summed E-state index contributed by atoms with van der Waals surface area (Å²) in [5, 5.41) is 0. The van der Waals surface area contributed by atoms with Crippen LogP contribution in [0.5, 0.6) is 0 Å². The maximum absolute atomic E-state index is 6.32. The van der Waals surface area contributed by atoms with E-state index in [1.54, 1.807) is 0 Å². The summed E-state index contributed by atoms with van der Waals surface area (Å²) in [5.74, 6) is 0. The van der Waals surface area contributed by atoms with Gasteiger partial charge in [-0.05, 0) is 0 Å². The fourth-order valence-corrected chi connectivity index (χ4v) is 0.224. The number of carbonyl (C=O) groups excluding carboxylic acids is 1. The van der Waals surface area contributed by atoms with Crippen molar-refractivity contribution in [2.24, 2.45) is 0 Å². The van der Waals surface area contributed by atoms with E-state index in [0.29, 0.717) is 0 Å². The van der Waals surface area contributed by atoms with Gasteiger partial charge in [0, 0.05) is 0 Å². The van der Waals surface area contributed by atoms with Gasteiger partial charge in [-0.25, -0.2) is 0 Å². The molecular weight excluding hydrogens is 90.1 g/mol. The summed E-state index contributed by atoms with van der Waals surface area (Å²) in [7, 11) is 6.11. The fraction of sp³-hybridized carbons (Fsp3) is 0.800. The number of quaternary nitrogens is 1. The van der Waals surface area contributed by atoms with E-state index in [1.165, 1.54) is 6.29 Å². The van der Waals surface area contributed by atoms with Gasteiger partial charge >= 0.3 is 7.72 Å². The first-order chi connectivity index (χ1) is 3.56. The number of nitrogens with zero attached hydrogens (tertiary/aromatic N) is 1. The zero-order chi connectivity index (χ0) is 6.62. The van der Waals surface area contributed by atoms with Crippen LogP contribution < -0.4 is 0 Å². The van der Waals surface area contributed by atoms with Crippen molar-refractivity contribution in [2.75, 3.05) is 27.7 Å². The molecule has 0 radical (unpaired) electrons. The van der Waals surface area contributed by atoms with Crippen LogP contribution in [0.2, 0.25) is 0 Å². The molecule has 0 atom stereocenters. The molecule has 0 amide bonds. The molecule has 0 fully saturated rings. The van der Waals surface area contributed by atoms with Crippen LogP contribution >= 0.6 is 0 Å². The molecule has 0 saturated heterocycles. The smallest absolute Gasteiger partial charge is 0.320 e. The van der Waals surface area contributed by atoms with Gasteiger partial charge in [-0.2, -0.15) is 0 Å². The second-order valence-corrected chi connectivity index (χ2v) is 2.64. The summed E-state index contributed by atoms with van der Waals surface area (Å²) in [6.45, 7) is 0.767. The second-order valence-electron chi connectivity index (χ2n) is 2.64. The first kappa shape index (κ1) is 4.78. The first-order valence-corrected chi connectivity index (χ1v) is 2.30. The van der Waals surface area contributed by atoms with Crippen molar-refractivity contribution in [3.63, 3.8) is 0 Å². The van der Waals surface area contributed by atoms with E-state index in [9.17, 15) is 0 Å². The van der Waals surface area contributed by atoms with Gasteiger partial charge in [0.25, 0.3) is 0 Å². The number of likely N-dealkylation sites (N-methyl/N-ethyl adjacent to an activating group) is 1. The largest absolute Gasteiger partial charge is 0.684 e. The Morgan fingerprint density at radius 3 is 2.43 bits per heavy atom. The normalized spacial score (nSPS) is 15.0. The molecule has 42 valence electrons. The standard InChI is InChI=1S/C5H12NO/c1-6(2,3)4-5-7/h5H,4H2,1-3H3/q+1/p+1/i/hD. The highest BCUT2D eigenvalue weighted by atomic mass is 16.1. The van der Waals surface area contributed by atoms with E-state index in [0.717, 1.165) is 11.0 Å². The number of aldehydes is 1. The minimum Gasteiger partial charge on any atom is -0.320 e. The van der Waals surface area contributed by atoms with Crippen LogP contribution in [0.3, 0.4) is 0 Å². The van der Waals surface area contributed by atoms with Crippen molar-refractivity contribution in [3.05, 3.63) is 0 Å². The number of rotatable bonds is 2. The summed E-state index contributed by atoms with van der Waals surface area (Å²) in [6, 6.07) is 0. The Hall–Kier alpha value is -0.370. The molecule has 0 aliphatic rings. The van der Waals surface area contributed by atoms with E-state index in [2.05, 4.69) is 4.80 Å². The van der Waals surface area contributed by atoms with E-state index in [4.69, 9.17) is 1.43 Å². The summed E-state index contributed by atoms with van der Waals surface area (Å²) in [4.78, 5) is 4.03. The van der Waals surface area contributed by atoms with Gasteiger partial charge in [0.15, 0.2) is 6.54 Å². The zero-order valence-corrected chi connectivity index (χ0v) is 5.14. The second kappa shape index (κ2) is 2.07. The maximum atomic E-state index is 6.32. The molecule has 2 heteroatoms. The van der Waals surface area contributed by atoms with E-state index >= 15 is 0 Å². The Labute approximate surface area is 45.8 Å². The van der Waals surface area contributed by atoms with Crippen molar-refractivity contribution in [1.82, 2.24) is 0 Å². The number of hydrogen-bond donors (Lipinski definition) is 0. The molecule has 0 aliphatic carbocycles. The van der Waals surface area contributed by atoms with Gasteiger partial charge in [-0.1, -0.05) is 0 Å². The molecule has 0 saturated carbocycles. The third-order valence-corrected chi connectivity index (χ3v) is 0.622. The van der Waals surface area contributed by atoms with Gasteiger partial charge in [0.05, 0.1) is 21.1 Å². The lowest BCUT2D eigenvalue weighted by Gasteiger charge is -2.18. The lowest BCUT2D eigenvalue weighted by molar-refractivity contribution is -0.860. The van der Waals surface area contributed by atoms with Crippen LogP contribution in [-0.2, 0) is 0 Å². The minimum atomic E-state index is 0.767. The minimum absolute atomic E-state index is 0.767. The monoisotopic (exact) mass is 104 g/mol. The lowest BCUT2D eigenvalue weighted by atomic mass is 10.6. The molecule has 0 aromatic rings. The molecule has 0 aromatic heterocycles. The van der Waals surface area contributed by atoms with Crippen molar-refractivity contribution < 1.29 is 10.7 Å². The summed E-state index contributed by atoms with van der Waals surface area (Å²) in [6.07, 6.45) is 1.47. The summed E-state index contributed by atoms with van der Waals surface area (Å²) < 4.78 is 7.12. The fourth-order valence-electron chi connectivity index (χ4n) is 0.224. The first-order valence-electron chi connectivity index (χ1n) is 2.71. The molecule has 0 spiro atoms. The molecule has 0 heterocycles.